The molecule has 2 rings (SSSR count). The molecule has 2 aliphatic rings. The van der Waals surface area contributed by atoms with E-state index in [4.69, 9.17) is 4.74 Å². The van der Waals surface area contributed by atoms with Crippen LogP contribution in [-0.2, 0) is 4.74 Å². The van der Waals surface area contributed by atoms with Gasteiger partial charge in [0.15, 0.2) is 0 Å². The zero-order chi connectivity index (χ0) is 10.7. The largest absolute Gasteiger partial charge is 0.392 e. The molecule has 1 aliphatic carbocycles. The van der Waals surface area contributed by atoms with Crippen molar-refractivity contribution in [3.63, 3.8) is 0 Å². The number of aliphatic hydroxyl groups is 1. The van der Waals surface area contributed by atoms with E-state index in [1.165, 1.54) is 19.3 Å². The molecule has 0 aromatic carbocycles. The van der Waals surface area contributed by atoms with Gasteiger partial charge in [0, 0.05) is 32.3 Å². The van der Waals surface area contributed by atoms with E-state index < -0.39 is 0 Å². The van der Waals surface area contributed by atoms with Crippen molar-refractivity contribution in [2.45, 2.75) is 50.0 Å². The van der Waals surface area contributed by atoms with Crippen LogP contribution in [0.15, 0.2) is 0 Å². The Bertz CT molecular complexity index is 201. The molecule has 1 aliphatic heterocycles. The average molecular weight is 214 g/mol. The third-order valence-corrected chi connectivity index (χ3v) is 3.58. The third kappa shape index (κ3) is 2.91. The van der Waals surface area contributed by atoms with Crippen LogP contribution in [0, 0.1) is 0 Å². The minimum Gasteiger partial charge on any atom is -0.392 e. The molecule has 1 heterocycles. The molecule has 15 heavy (non-hydrogen) atoms. The monoisotopic (exact) mass is 214 g/mol. The molecule has 4 heteroatoms. The van der Waals surface area contributed by atoms with Gasteiger partial charge in [-0.25, -0.2) is 0 Å². The number of methoxy groups -OCH3 is 1. The van der Waals surface area contributed by atoms with Crippen LogP contribution in [0.2, 0.25) is 0 Å². The molecule has 1 saturated carbocycles. The van der Waals surface area contributed by atoms with Crippen molar-refractivity contribution in [3.05, 3.63) is 0 Å². The fourth-order valence-corrected chi connectivity index (χ4v) is 2.69. The zero-order valence-electron chi connectivity index (χ0n) is 9.41. The van der Waals surface area contributed by atoms with Crippen LogP contribution >= 0.6 is 0 Å². The summed E-state index contributed by atoms with van der Waals surface area (Å²) >= 11 is 0. The van der Waals surface area contributed by atoms with Gasteiger partial charge in [0.25, 0.3) is 0 Å². The van der Waals surface area contributed by atoms with E-state index in [9.17, 15) is 5.11 Å². The van der Waals surface area contributed by atoms with Gasteiger partial charge >= 0.3 is 0 Å². The van der Waals surface area contributed by atoms with Crippen molar-refractivity contribution in [2.75, 3.05) is 20.2 Å². The number of β-amino-alcohol motifs (C(OH)–C–C–N with tert-alkyl or cyclic N) is 1. The maximum absolute atomic E-state index is 9.37. The van der Waals surface area contributed by atoms with E-state index in [2.05, 4.69) is 10.6 Å². The van der Waals surface area contributed by atoms with Crippen LogP contribution in [-0.4, -0.2) is 49.6 Å². The fraction of sp³-hybridized carbons (Fsp3) is 1.00. The van der Waals surface area contributed by atoms with Crippen LogP contribution in [0.5, 0.6) is 0 Å². The molecule has 3 N–H and O–H groups in total. The maximum Gasteiger partial charge on any atom is 0.0724 e. The van der Waals surface area contributed by atoms with E-state index in [1.54, 1.807) is 7.11 Å². The molecule has 4 nitrogen and oxygen atoms in total. The van der Waals surface area contributed by atoms with Crippen molar-refractivity contribution >= 4 is 0 Å². The highest BCUT2D eigenvalue weighted by Gasteiger charge is 2.28. The summed E-state index contributed by atoms with van der Waals surface area (Å²) in [7, 11) is 1.79. The number of nitrogens with one attached hydrogen (secondary N) is 2. The van der Waals surface area contributed by atoms with E-state index in [-0.39, 0.29) is 6.10 Å². The first-order valence-corrected chi connectivity index (χ1v) is 5.97. The van der Waals surface area contributed by atoms with Gasteiger partial charge in [0.05, 0.1) is 12.2 Å². The second-order valence-electron chi connectivity index (χ2n) is 4.71. The Morgan fingerprint density at radius 3 is 3.00 bits per heavy atom. The van der Waals surface area contributed by atoms with E-state index >= 15 is 0 Å². The molecule has 0 aromatic heterocycles. The molecule has 0 radical (unpaired) electrons. The van der Waals surface area contributed by atoms with Crippen molar-refractivity contribution < 1.29 is 9.84 Å². The number of hydrogen-bond acceptors (Lipinski definition) is 4. The summed E-state index contributed by atoms with van der Waals surface area (Å²) in [5.74, 6) is 0. The molecule has 4 unspecified atom stereocenters. The molecule has 1 saturated heterocycles. The SMILES string of the molecule is COC1CCCC1NCC1CC(O)CN1. The van der Waals surface area contributed by atoms with Gasteiger partial charge in [-0.3, -0.25) is 0 Å². The van der Waals surface area contributed by atoms with Crippen LogP contribution < -0.4 is 10.6 Å². The van der Waals surface area contributed by atoms with Crippen molar-refractivity contribution in [3.8, 4) is 0 Å². The third-order valence-electron chi connectivity index (χ3n) is 3.58. The average Bonchev–Trinajstić information content (AvgIpc) is 2.83. The van der Waals surface area contributed by atoms with Crippen molar-refractivity contribution in [2.24, 2.45) is 0 Å². The lowest BCUT2D eigenvalue weighted by molar-refractivity contribution is 0.0844. The van der Waals surface area contributed by atoms with E-state index in [1.807, 2.05) is 0 Å². The summed E-state index contributed by atoms with van der Waals surface area (Å²) in [4.78, 5) is 0. The lowest BCUT2D eigenvalue weighted by Gasteiger charge is -2.21. The number of hydrogen-bond donors (Lipinski definition) is 3. The quantitative estimate of drug-likeness (QED) is 0.610. The first-order chi connectivity index (χ1) is 7.29. The van der Waals surface area contributed by atoms with Gasteiger partial charge in [-0.05, 0) is 25.7 Å². The molecular formula is C11H22N2O2. The van der Waals surface area contributed by atoms with Crippen LogP contribution in [0.25, 0.3) is 0 Å². The highest BCUT2D eigenvalue weighted by Crippen LogP contribution is 2.21. The summed E-state index contributed by atoms with van der Waals surface area (Å²) in [6.07, 6.45) is 4.76. The molecule has 0 spiro atoms. The van der Waals surface area contributed by atoms with Gasteiger partial charge < -0.3 is 20.5 Å². The second-order valence-corrected chi connectivity index (χ2v) is 4.71. The first kappa shape index (κ1) is 11.3. The highest BCUT2D eigenvalue weighted by atomic mass is 16.5. The molecule has 0 bridgehead atoms. The zero-order valence-corrected chi connectivity index (χ0v) is 9.41. The summed E-state index contributed by atoms with van der Waals surface area (Å²) in [5, 5.41) is 16.2. The Hall–Kier alpha value is -0.160. The summed E-state index contributed by atoms with van der Waals surface area (Å²) in [6.45, 7) is 1.69. The second kappa shape index (κ2) is 5.25. The topological polar surface area (TPSA) is 53.5 Å². The number of aliphatic hydroxyl groups excluding tert-OH is 1. The minimum absolute atomic E-state index is 0.154. The minimum atomic E-state index is -0.154. The smallest absolute Gasteiger partial charge is 0.0724 e. The van der Waals surface area contributed by atoms with Gasteiger partial charge in [-0.2, -0.15) is 0 Å². The van der Waals surface area contributed by atoms with Crippen molar-refractivity contribution in [1.29, 1.82) is 0 Å². The first-order valence-electron chi connectivity index (χ1n) is 5.97. The van der Waals surface area contributed by atoms with Gasteiger partial charge in [-0.15, -0.1) is 0 Å². The van der Waals surface area contributed by atoms with E-state index in [0.29, 0.717) is 18.2 Å². The van der Waals surface area contributed by atoms with Gasteiger partial charge in [0.2, 0.25) is 0 Å². The molecule has 0 aromatic rings. The predicted octanol–water partition coefficient (Wildman–Crippen LogP) is -0.134. The van der Waals surface area contributed by atoms with E-state index in [0.717, 1.165) is 19.5 Å². The van der Waals surface area contributed by atoms with Crippen molar-refractivity contribution in [1.82, 2.24) is 10.6 Å². The Morgan fingerprint density at radius 2 is 2.33 bits per heavy atom. The Kier molecular flexibility index (Phi) is 3.97. The molecule has 88 valence electrons. The summed E-state index contributed by atoms with van der Waals surface area (Å²) < 4.78 is 5.43. The van der Waals surface area contributed by atoms with Gasteiger partial charge in [0.1, 0.15) is 0 Å². The Labute approximate surface area is 91.4 Å². The standard InChI is InChI=1S/C11H22N2O2/c1-15-11-4-2-3-10(11)13-6-8-5-9(14)7-12-8/h8-14H,2-7H2,1H3. The molecule has 0 amide bonds. The van der Waals surface area contributed by atoms with Gasteiger partial charge in [-0.1, -0.05) is 0 Å². The maximum atomic E-state index is 9.37. The highest BCUT2D eigenvalue weighted by molar-refractivity contribution is 4.88. The molecule has 2 fully saturated rings. The number of rotatable bonds is 4. The molecular weight excluding hydrogens is 192 g/mol. The lowest BCUT2D eigenvalue weighted by Crippen LogP contribution is -2.43. The lowest BCUT2D eigenvalue weighted by atomic mass is 10.1. The van der Waals surface area contributed by atoms with Crippen LogP contribution in [0.3, 0.4) is 0 Å². The molecule has 4 atom stereocenters. The predicted molar refractivity (Wildman–Crippen MR) is 58.9 cm³/mol. The van der Waals surface area contributed by atoms with Crippen LogP contribution in [0.4, 0.5) is 0 Å². The summed E-state index contributed by atoms with van der Waals surface area (Å²) in [6, 6.07) is 0.938. The normalized spacial score (nSPS) is 41.2. The Morgan fingerprint density at radius 1 is 1.47 bits per heavy atom. The summed E-state index contributed by atoms with van der Waals surface area (Å²) in [5.41, 5.74) is 0. The van der Waals surface area contributed by atoms with Crippen LogP contribution in [0.1, 0.15) is 25.7 Å². The number of ether oxygens (including phenoxy) is 1. The fourth-order valence-electron chi connectivity index (χ4n) is 2.69. The Balaban J connectivity index is 1.68.